The van der Waals surface area contributed by atoms with Crippen molar-refractivity contribution in [2.45, 2.75) is 39.9 Å². The molecule has 1 atom stereocenters. The molecule has 0 aliphatic rings. The zero-order valence-electron chi connectivity index (χ0n) is 12.5. The molecule has 1 N–H and O–H groups in total. The standard InChI is InChI=1S/C16H23N3O/c1-4-19-11-15(10-18-19)9-17-14(3)12-20-16-7-5-13(2)6-8-16/h5-8,10-11,14,17H,4,9,12H2,1-3H3. The smallest absolute Gasteiger partial charge is 0.119 e. The van der Waals surface area contributed by atoms with Gasteiger partial charge in [-0.25, -0.2) is 0 Å². The fraction of sp³-hybridized carbons (Fsp3) is 0.438. The molecular weight excluding hydrogens is 250 g/mol. The second-order valence-corrected chi connectivity index (χ2v) is 5.11. The number of rotatable bonds is 7. The van der Waals surface area contributed by atoms with Gasteiger partial charge in [0.25, 0.3) is 0 Å². The second kappa shape index (κ2) is 7.10. The molecule has 1 aromatic carbocycles. The first-order chi connectivity index (χ1) is 9.67. The van der Waals surface area contributed by atoms with Crippen LogP contribution in [0.1, 0.15) is 25.0 Å². The Morgan fingerprint density at radius 2 is 2.05 bits per heavy atom. The first-order valence-electron chi connectivity index (χ1n) is 7.11. The SMILES string of the molecule is CCn1cc(CNC(C)COc2ccc(C)cc2)cn1. The van der Waals surface area contributed by atoms with Crippen molar-refractivity contribution in [2.75, 3.05) is 6.61 Å². The molecule has 1 heterocycles. The van der Waals surface area contributed by atoms with E-state index in [2.05, 4.69) is 49.5 Å². The summed E-state index contributed by atoms with van der Waals surface area (Å²) in [5, 5.41) is 7.70. The molecule has 1 unspecified atom stereocenters. The Bertz CT molecular complexity index is 519. The molecule has 2 aromatic rings. The Balaban J connectivity index is 1.72. The van der Waals surface area contributed by atoms with Crippen molar-refractivity contribution in [3.05, 3.63) is 47.8 Å². The summed E-state index contributed by atoms with van der Waals surface area (Å²) in [7, 11) is 0. The van der Waals surface area contributed by atoms with Crippen molar-refractivity contribution in [3.63, 3.8) is 0 Å². The van der Waals surface area contributed by atoms with Gasteiger partial charge in [0.05, 0.1) is 6.20 Å². The van der Waals surface area contributed by atoms with E-state index in [-0.39, 0.29) is 0 Å². The van der Waals surface area contributed by atoms with Crippen molar-refractivity contribution in [1.29, 1.82) is 0 Å². The lowest BCUT2D eigenvalue weighted by Gasteiger charge is -2.14. The number of benzene rings is 1. The Morgan fingerprint density at radius 3 is 2.70 bits per heavy atom. The third-order valence-corrected chi connectivity index (χ3v) is 3.19. The molecule has 1 aromatic heterocycles. The summed E-state index contributed by atoms with van der Waals surface area (Å²) in [6.45, 7) is 8.67. The lowest BCUT2D eigenvalue weighted by atomic mass is 10.2. The maximum absolute atomic E-state index is 5.75. The highest BCUT2D eigenvalue weighted by Crippen LogP contribution is 2.11. The van der Waals surface area contributed by atoms with E-state index in [1.807, 2.05) is 23.0 Å². The van der Waals surface area contributed by atoms with E-state index >= 15 is 0 Å². The van der Waals surface area contributed by atoms with Gasteiger partial charge in [-0.2, -0.15) is 5.10 Å². The molecule has 0 amide bonds. The zero-order valence-corrected chi connectivity index (χ0v) is 12.5. The molecule has 4 heteroatoms. The zero-order chi connectivity index (χ0) is 14.4. The van der Waals surface area contributed by atoms with Crippen molar-refractivity contribution in [1.82, 2.24) is 15.1 Å². The van der Waals surface area contributed by atoms with Gasteiger partial charge >= 0.3 is 0 Å². The van der Waals surface area contributed by atoms with E-state index in [4.69, 9.17) is 4.74 Å². The van der Waals surface area contributed by atoms with Crippen LogP contribution in [0.2, 0.25) is 0 Å². The van der Waals surface area contributed by atoms with Crippen LogP contribution in [0, 0.1) is 6.92 Å². The van der Waals surface area contributed by atoms with Crippen LogP contribution in [0.15, 0.2) is 36.7 Å². The molecule has 20 heavy (non-hydrogen) atoms. The quantitative estimate of drug-likeness (QED) is 0.843. The van der Waals surface area contributed by atoms with Gasteiger partial charge in [0, 0.05) is 30.9 Å². The number of hydrogen-bond acceptors (Lipinski definition) is 3. The Kier molecular flexibility index (Phi) is 5.18. The molecule has 0 fully saturated rings. The Hall–Kier alpha value is -1.81. The van der Waals surface area contributed by atoms with E-state index in [0.29, 0.717) is 12.6 Å². The maximum atomic E-state index is 5.75. The minimum Gasteiger partial charge on any atom is -0.492 e. The Labute approximate surface area is 120 Å². The molecule has 0 bridgehead atoms. The molecule has 0 spiro atoms. The van der Waals surface area contributed by atoms with Crippen LogP contribution in [0.3, 0.4) is 0 Å². The summed E-state index contributed by atoms with van der Waals surface area (Å²) >= 11 is 0. The van der Waals surface area contributed by atoms with E-state index in [1.165, 1.54) is 11.1 Å². The highest BCUT2D eigenvalue weighted by molar-refractivity contribution is 5.26. The predicted octanol–water partition coefficient (Wildman–Crippen LogP) is 2.77. The lowest BCUT2D eigenvalue weighted by Crippen LogP contribution is -2.31. The number of hydrogen-bond donors (Lipinski definition) is 1. The van der Waals surface area contributed by atoms with Crippen LogP contribution in [0.4, 0.5) is 0 Å². The van der Waals surface area contributed by atoms with Crippen molar-refractivity contribution in [2.24, 2.45) is 0 Å². The minimum atomic E-state index is 0.293. The molecule has 108 valence electrons. The van der Waals surface area contributed by atoms with Crippen LogP contribution in [0.5, 0.6) is 5.75 Å². The maximum Gasteiger partial charge on any atom is 0.119 e. The highest BCUT2D eigenvalue weighted by Gasteiger charge is 2.04. The fourth-order valence-electron chi connectivity index (χ4n) is 1.88. The summed E-state index contributed by atoms with van der Waals surface area (Å²) in [4.78, 5) is 0. The molecular formula is C16H23N3O. The number of nitrogens with one attached hydrogen (secondary N) is 1. The fourth-order valence-corrected chi connectivity index (χ4v) is 1.88. The summed E-state index contributed by atoms with van der Waals surface area (Å²) < 4.78 is 7.69. The number of ether oxygens (including phenoxy) is 1. The topological polar surface area (TPSA) is 39.1 Å². The third-order valence-electron chi connectivity index (χ3n) is 3.19. The van der Waals surface area contributed by atoms with Gasteiger partial charge in [-0.3, -0.25) is 4.68 Å². The molecule has 4 nitrogen and oxygen atoms in total. The van der Waals surface area contributed by atoms with Gasteiger partial charge in [-0.15, -0.1) is 0 Å². The Morgan fingerprint density at radius 1 is 1.30 bits per heavy atom. The molecule has 2 rings (SSSR count). The average Bonchev–Trinajstić information content (AvgIpc) is 2.92. The minimum absolute atomic E-state index is 0.293. The van der Waals surface area contributed by atoms with Crippen molar-refractivity contribution in [3.8, 4) is 5.75 Å². The number of nitrogens with zero attached hydrogens (tertiary/aromatic N) is 2. The van der Waals surface area contributed by atoms with Gasteiger partial charge in [-0.1, -0.05) is 17.7 Å². The third kappa shape index (κ3) is 4.38. The summed E-state index contributed by atoms with van der Waals surface area (Å²) in [5.74, 6) is 0.919. The summed E-state index contributed by atoms with van der Waals surface area (Å²) in [6.07, 6.45) is 3.98. The summed E-state index contributed by atoms with van der Waals surface area (Å²) in [5.41, 5.74) is 2.45. The molecule has 0 aliphatic heterocycles. The first kappa shape index (κ1) is 14.6. The summed E-state index contributed by atoms with van der Waals surface area (Å²) in [6, 6.07) is 8.43. The normalized spacial score (nSPS) is 12.3. The second-order valence-electron chi connectivity index (χ2n) is 5.11. The van der Waals surface area contributed by atoms with E-state index in [0.717, 1.165) is 18.8 Å². The first-order valence-corrected chi connectivity index (χ1v) is 7.11. The van der Waals surface area contributed by atoms with Crippen LogP contribution in [-0.4, -0.2) is 22.4 Å². The van der Waals surface area contributed by atoms with Gasteiger partial charge in [0.2, 0.25) is 0 Å². The lowest BCUT2D eigenvalue weighted by molar-refractivity contribution is 0.272. The van der Waals surface area contributed by atoms with Gasteiger partial charge in [-0.05, 0) is 32.9 Å². The van der Waals surface area contributed by atoms with Gasteiger partial charge in [0.15, 0.2) is 0 Å². The van der Waals surface area contributed by atoms with Crippen molar-refractivity contribution < 1.29 is 4.74 Å². The average molecular weight is 273 g/mol. The van der Waals surface area contributed by atoms with Gasteiger partial charge < -0.3 is 10.1 Å². The largest absolute Gasteiger partial charge is 0.492 e. The van der Waals surface area contributed by atoms with Crippen LogP contribution < -0.4 is 10.1 Å². The molecule has 0 saturated carbocycles. The van der Waals surface area contributed by atoms with Crippen molar-refractivity contribution >= 4 is 0 Å². The predicted molar refractivity (Wildman–Crippen MR) is 80.9 cm³/mol. The van der Waals surface area contributed by atoms with Crippen LogP contribution in [0.25, 0.3) is 0 Å². The molecule has 0 radical (unpaired) electrons. The number of aryl methyl sites for hydroxylation is 2. The molecule has 0 saturated heterocycles. The van der Waals surface area contributed by atoms with E-state index < -0.39 is 0 Å². The van der Waals surface area contributed by atoms with Crippen LogP contribution >= 0.6 is 0 Å². The van der Waals surface area contributed by atoms with Crippen LogP contribution in [-0.2, 0) is 13.1 Å². The number of aromatic nitrogens is 2. The molecule has 0 aliphatic carbocycles. The van der Waals surface area contributed by atoms with E-state index in [9.17, 15) is 0 Å². The van der Waals surface area contributed by atoms with Gasteiger partial charge in [0.1, 0.15) is 12.4 Å². The highest BCUT2D eigenvalue weighted by atomic mass is 16.5. The van der Waals surface area contributed by atoms with E-state index in [1.54, 1.807) is 0 Å². The monoisotopic (exact) mass is 273 g/mol.